The molecule has 0 unspecified atom stereocenters. The summed E-state index contributed by atoms with van der Waals surface area (Å²) in [6, 6.07) is 12.8. The molecule has 6 nitrogen and oxygen atoms in total. The second kappa shape index (κ2) is 7.72. The molecule has 0 aliphatic rings. The number of hydrogen-bond donors (Lipinski definition) is 2. The highest BCUT2D eigenvalue weighted by Gasteiger charge is 2.18. The lowest BCUT2D eigenvalue weighted by molar-refractivity contribution is 0.601. The number of hydrogen-bond acceptors (Lipinski definition) is 5. The average Bonchev–Trinajstić information content (AvgIpc) is 2.55. The predicted octanol–water partition coefficient (Wildman–Crippen LogP) is 4.94. The van der Waals surface area contributed by atoms with E-state index in [0.29, 0.717) is 16.7 Å². The van der Waals surface area contributed by atoms with E-state index in [1.54, 1.807) is 24.3 Å². The standard InChI is InChI=1S/C18H16Cl2N4O2S/c1-11-9-12(2)22-18(21-11)23-14-4-6-15(7-5-14)24-27(25,26)17-8-3-13(19)10-16(17)20/h3-10,24H,1-2H3,(H,21,22,23). The number of nitrogens with one attached hydrogen (secondary N) is 2. The molecule has 0 aliphatic carbocycles. The molecule has 1 aromatic heterocycles. The Balaban J connectivity index is 1.77. The maximum Gasteiger partial charge on any atom is 0.263 e. The van der Waals surface area contributed by atoms with Crippen LogP contribution in [0.4, 0.5) is 17.3 Å². The van der Waals surface area contributed by atoms with Gasteiger partial charge in [0, 0.05) is 27.8 Å². The van der Waals surface area contributed by atoms with Crippen LogP contribution in [0.2, 0.25) is 10.0 Å². The molecule has 27 heavy (non-hydrogen) atoms. The molecule has 0 saturated carbocycles. The van der Waals surface area contributed by atoms with Crippen molar-refractivity contribution in [2.45, 2.75) is 18.7 Å². The van der Waals surface area contributed by atoms with E-state index in [1.807, 2.05) is 19.9 Å². The number of aryl methyl sites for hydroxylation is 2. The Hall–Kier alpha value is -2.35. The van der Waals surface area contributed by atoms with E-state index in [9.17, 15) is 8.42 Å². The maximum atomic E-state index is 12.5. The van der Waals surface area contributed by atoms with Crippen LogP contribution < -0.4 is 10.0 Å². The fourth-order valence-electron chi connectivity index (χ4n) is 2.44. The lowest BCUT2D eigenvalue weighted by atomic mass is 10.3. The Labute approximate surface area is 167 Å². The number of anilines is 3. The Kier molecular flexibility index (Phi) is 5.55. The summed E-state index contributed by atoms with van der Waals surface area (Å²) in [5.41, 5.74) is 2.84. The molecule has 0 radical (unpaired) electrons. The summed E-state index contributed by atoms with van der Waals surface area (Å²) < 4.78 is 27.5. The van der Waals surface area contributed by atoms with Crippen molar-refractivity contribution in [3.63, 3.8) is 0 Å². The number of sulfonamides is 1. The van der Waals surface area contributed by atoms with E-state index in [0.717, 1.165) is 17.1 Å². The molecule has 1 heterocycles. The molecule has 140 valence electrons. The first-order valence-electron chi connectivity index (χ1n) is 7.90. The third-order valence-corrected chi connectivity index (χ3v) is 5.66. The van der Waals surface area contributed by atoms with Crippen LogP contribution in [0.15, 0.2) is 53.4 Å². The number of nitrogens with zero attached hydrogens (tertiary/aromatic N) is 2. The highest BCUT2D eigenvalue weighted by Crippen LogP contribution is 2.27. The van der Waals surface area contributed by atoms with Crippen molar-refractivity contribution >= 4 is 50.5 Å². The Bertz CT molecular complexity index is 1070. The third-order valence-electron chi connectivity index (χ3n) is 3.56. The molecule has 3 aromatic rings. The van der Waals surface area contributed by atoms with Gasteiger partial charge in [0.25, 0.3) is 10.0 Å². The summed E-state index contributed by atoms with van der Waals surface area (Å²) in [4.78, 5) is 8.57. The van der Waals surface area contributed by atoms with E-state index in [4.69, 9.17) is 23.2 Å². The van der Waals surface area contributed by atoms with Crippen LogP contribution in [-0.4, -0.2) is 18.4 Å². The van der Waals surface area contributed by atoms with Crippen molar-refractivity contribution in [1.29, 1.82) is 0 Å². The largest absolute Gasteiger partial charge is 0.324 e. The first kappa shape index (κ1) is 19.4. The van der Waals surface area contributed by atoms with E-state index in [1.165, 1.54) is 18.2 Å². The van der Waals surface area contributed by atoms with Crippen LogP contribution in [-0.2, 0) is 10.0 Å². The van der Waals surface area contributed by atoms with Crippen LogP contribution in [0.5, 0.6) is 0 Å². The number of aromatic nitrogens is 2. The van der Waals surface area contributed by atoms with E-state index in [-0.39, 0.29) is 9.92 Å². The van der Waals surface area contributed by atoms with E-state index in [2.05, 4.69) is 20.0 Å². The van der Waals surface area contributed by atoms with Gasteiger partial charge < -0.3 is 5.32 Å². The molecule has 0 bridgehead atoms. The van der Waals surface area contributed by atoms with E-state index >= 15 is 0 Å². The summed E-state index contributed by atoms with van der Waals surface area (Å²) in [6.07, 6.45) is 0. The van der Waals surface area contributed by atoms with E-state index < -0.39 is 10.0 Å². The van der Waals surface area contributed by atoms with Crippen molar-refractivity contribution in [2.24, 2.45) is 0 Å². The topological polar surface area (TPSA) is 84.0 Å². The van der Waals surface area contributed by atoms with Gasteiger partial charge in [0.2, 0.25) is 5.95 Å². The summed E-state index contributed by atoms with van der Waals surface area (Å²) in [7, 11) is -3.83. The van der Waals surface area contributed by atoms with Crippen molar-refractivity contribution in [2.75, 3.05) is 10.0 Å². The molecule has 3 rings (SSSR count). The normalized spacial score (nSPS) is 11.3. The summed E-state index contributed by atoms with van der Waals surface area (Å²) in [5, 5.41) is 3.51. The Morgan fingerprint density at radius 1 is 0.852 bits per heavy atom. The summed E-state index contributed by atoms with van der Waals surface area (Å²) >= 11 is 11.8. The molecule has 0 saturated heterocycles. The zero-order valence-corrected chi connectivity index (χ0v) is 16.8. The third kappa shape index (κ3) is 4.88. The monoisotopic (exact) mass is 422 g/mol. The number of benzene rings is 2. The minimum Gasteiger partial charge on any atom is -0.324 e. The molecule has 0 fully saturated rings. The fraction of sp³-hybridized carbons (Fsp3) is 0.111. The minimum absolute atomic E-state index is 0.0422. The minimum atomic E-state index is -3.83. The van der Waals surface area contributed by atoms with Gasteiger partial charge in [0.05, 0.1) is 5.02 Å². The highest BCUT2D eigenvalue weighted by atomic mass is 35.5. The maximum absolute atomic E-state index is 12.5. The lowest BCUT2D eigenvalue weighted by Crippen LogP contribution is -2.13. The van der Waals surface area contributed by atoms with Crippen LogP contribution >= 0.6 is 23.2 Å². The van der Waals surface area contributed by atoms with Crippen LogP contribution in [0, 0.1) is 13.8 Å². The molecular weight excluding hydrogens is 407 g/mol. The Morgan fingerprint density at radius 2 is 1.44 bits per heavy atom. The first-order valence-corrected chi connectivity index (χ1v) is 10.1. The molecule has 0 amide bonds. The zero-order chi connectivity index (χ0) is 19.6. The lowest BCUT2D eigenvalue weighted by Gasteiger charge is -2.11. The van der Waals surface area contributed by atoms with Crippen LogP contribution in [0.3, 0.4) is 0 Å². The average molecular weight is 423 g/mol. The molecule has 0 spiro atoms. The highest BCUT2D eigenvalue weighted by molar-refractivity contribution is 7.92. The van der Waals surface area contributed by atoms with Crippen LogP contribution in [0.25, 0.3) is 0 Å². The van der Waals surface area contributed by atoms with Gasteiger partial charge in [-0.15, -0.1) is 0 Å². The van der Waals surface area contributed by atoms with Gasteiger partial charge >= 0.3 is 0 Å². The smallest absolute Gasteiger partial charge is 0.263 e. The van der Waals surface area contributed by atoms with Crippen molar-refractivity contribution in [3.05, 3.63) is 70.0 Å². The summed E-state index contributed by atoms with van der Waals surface area (Å²) in [5.74, 6) is 0.480. The molecule has 0 atom stereocenters. The van der Waals surface area contributed by atoms with Gasteiger partial charge in [-0.05, 0) is 62.4 Å². The van der Waals surface area contributed by atoms with Crippen LogP contribution in [0.1, 0.15) is 11.4 Å². The number of rotatable bonds is 5. The second-order valence-electron chi connectivity index (χ2n) is 5.86. The second-order valence-corrected chi connectivity index (χ2v) is 8.35. The fourth-order valence-corrected chi connectivity index (χ4v) is 4.27. The van der Waals surface area contributed by atoms with Crippen molar-refractivity contribution in [1.82, 2.24) is 9.97 Å². The number of halogens is 2. The van der Waals surface area contributed by atoms with Gasteiger partial charge in [-0.1, -0.05) is 23.2 Å². The molecular formula is C18H16Cl2N4O2S. The summed E-state index contributed by atoms with van der Waals surface area (Å²) in [6.45, 7) is 3.78. The molecule has 0 aliphatic heterocycles. The zero-order valence-electron chi connectivity index (χ0n) is 14.5. The SMILES string of the molecule is Cc1cc(C)nc(Nc2ccc(NS(=O)(=O)c3ccc(Cl)cc3Cl)cc2)n1. The molecule has 9 heteroatoms. The quantitative estimate of drug-likeness (QED) is 0.607. The molecule has 2 aromatic carbocycles. The van der Waals surface area contributed by atoms with Gasteiger partial charge in [-0.25, -0.2) is 18.4 Å². The van der Waals surface area contributed by atoms with Gasteiger partial charge in [-0.3, -0.25) is 4.72 Å². The van der Waals surface area contributed by atoms with Gasteiger partial charge in [0.1, 0.15) is 4.90 Å². The Morgan fingerprint density at radius 3 is 2.04 bits per heavy atom. The first-order chi connectivity index (χ1) is 12.7. The van der Waals surface area contributed by atoms with Gasteiger partial charge in [0.15, 0.2) is 0 Å². The van der Waals surface area contributed by atoms with Gasteiger partial charge in [-0.2, -0.15) is 0 Å². The predicted molar refractivity (Wildman–Crippen MR) is 109 cm³/mol. The van der Waals surface area contributed by atoms with Crippen molar-refractivity contribution in [3.8, 4) is 0 Å². The molecule has 2 N–H and O–H groups in total. The van der Waals surface area contributed by atoms with Crippen molar-refractivity contribution < 1.29 is 8.42 Å².